The Labute approximate surface area is 166 Å². The molecule has 7 heteroatoms. The van der Waals surface area contributed by atoms with E-state index in [1.807, 2.05) is 35.7 Å². The lowest BCUT2D eigenvalue weighted by Gasteiger charge is -2.05. The van der Waals surface area contributed by atoms with Crippen molar-refractivity contribution in [2.75, 3.05) is 0 Å². The Morgan fingerprint density at radius 1 is 1.07 bits per heavy atom. The van der Waals surface area contributed by atoms with E-state index < -0.39 is 5.91 Å². The summed E-state index contributed by atoms with van der Waals surface area (Å²) >= 11 is 1.29. The Bertz CT molecular complexity index is 1030. The van der Waals surface area contributed by atoms with Crippen LogP contribution in [-0.4, -0.2) is 28.0 Å². The molecule has 1 heterocycles. The van der Waals surface area contributed by atoms with Crippen LogP contribution in [-0.2, 0) is 0 Å². The van der Waals surface area contributed by atoms with Gasteiger partial charge in [-0.3, -0.25) is 14.8 Å². The van der Waals surface area contributed by atoms with Gasteiger partial charge in [0.2, 0.25) is 0 Å². The van der Waals surface area contributed by atoms with E-state index in [2.05, 4.69) is 22.1 Å². The van der Waals surface area contributed by atoms with Crippen LogP contribution in [0.15, 0.2) is 60.0 Å². The van der Waals surface area contributed by atoms with E-state index in [4.69, 9.17) is 5.21 Å². The smallest absolute Gasteiger partial charge is 0.281 e. The average Bonchev–Trinajstić information content (AvgIpc) is 3.23. The van der Waals surface area contributed by atoms with Crippen molar-refractivity contribution in [1.29, 1.82) is 0 Å². The monoisotopic (exact) mass is 391 g/mol. The summed E-state index contributed by atoms with van der Waals surface area (Å²) in [6, 6.07) is 15.7. The summed E-state index contributed by atoms with van der Waals surface area (Å²) in [4.78, 5) is 28.0. The quantitative estimate of drug-likeness (QED) is 0.362. The molecule has 0 saturated heterocycles. The maximum absolute atomic E-state index is 12.4. The van der Waals surface area contributed by atoms with Gasteiger partial charge in [-0.2, -0.15) is 0 Å². The molecule has 1 atom stereocenters. The van der Waals surface area contributed by atoms with Crippen LogP contribution in [0, 0.1) is 11.8 Å². The highest BCUT2D eigenvalue weighted by Gasteiger charge is 2.13. The molecule has 0 fully saturated rings. The molecule has 140 valence electrons. The summed E-state index contributed by atoms with van der Waals surface area (Å²) < 4.78 is 0. The summed E-state index contributed by atoms with van der Waals surface area (Å²) in [5, 5.41) is 13.6. The van der Waals surface area contributed by atoms with Crippen LogP contribution in [0.1, 0.15) is 32.6 Å². The van der Waals surface area contributed by atoms with Crippen LogP contribution in [0.25, 0.3) is 11.3 Å². The normalized spacial score (nSPS) is 11.1. The maximum Gasteiger partial charge on any atom is 0.281 e. The van der Waals surface area contributed by atoms with E-state index in [1.54, 1.807) is 36.7 Å². The SMILES string of the molecule is C[C@@H](C#Cc1ccc(C(=O)NO)cc1)NC(=O)c1nc(-c2ccccc2)cs1. The lowest BCUT2D eigenvalue weighted by Crippen LogP contribution is -2.31. The lowest BCUT2D eigenvalue weighted by molar-refractivity contribution is 0.0706. The highest BCUT2D eigenvalue weighted by molar-refractivity contribution is 7.12. The fourth-order valence-electron chi connectivity index (χ4n) is 2.38. The topological polar surface area (TPSA) is 91.3 Å². The van der Waals surface area contributed by atoms with Crippen molar-refractivity contribution >= 4 is 23.2 Å². The molecular formula is C21H17N3O3S. The number of hydrogen-bond acceptors (Lipinski definition) is 5. The molecule has 0 saturated carbocycles. The molecule has 28 heavy (non-hydrogen) atoms. The molecule has 2 aromatic carbocycles. The van der Waals surface area contributed by atoms with Gasteiger partial charge in [0.05, 0.1) is 11.7 Å². The first-order valence-electron chi connectivity index (χ1n) is 8.44. The van der Waals surface area contributed by atoms with Crippen molar-refractivity contribution in [2.24, 2.45) is 0 Å². The van der Waals surface area contributed by atoms with Crippen molar-refractivity contribution in [3.05, 3.63) is 76.1 Å². The van der Waals surface area contributed by atoms with Crippen LogP contribution >= 0.6 is 11.3 Å². The summed E-state index contributed by atoms with van der Waals surface area (Å²) in [6.07, 6.45) is 0. The van der Waals surface area contributed by atoms with Gasteiger partial charge in [-0.05, 0) is 31.2 Å². The standard InChI is InChI=1S/C21H17N3O3S/c1-14(7-8-15-9-11-17(12-10-15)19(25)24-27)22-20(26)21-23-18(13-28-21)16-5-3-2-4-6-16/h2-6,9-14,27H,1H3,(H,22,26)(H,24,25)/t14-/m0/s1. The first kappa shape index (κ1) is 19.3. The number of nitrogens with one attached hydrogen (secondary N) is 2. The van der Waals surface area contributed by atoms with Crippen molar-refractivity contribution in [2.45, 2.75) is 13.0 Å². The number of hydroxylamine groups is 1. The largest absolute Gasteiger partial charge is 0.337 e. The predicted molar refractivity (Wildman–Crippen MR) is 107 cm³/mol. The highest BCUT2D eigenvalue weighted by Crippen LogP contribution is 2.21. The highest BCUT2D eigenvalue weighted by atomic mass is 32.1. The second kappa shape index (κ2) is 8.95. The fourth-order valence-corrected chi connectivity index (χ4v) is 3.10. The third-order valence-electron chi connectivity index (χ3n) is 3.80. The minimum absolute atomic E-state index is 0.274. The van der Waals surface area contributed by atoms with E-state index in [9.17, 15) is 9.59 Å². The Morgan fingerprint density at radius 3 is 2.46 bits per heavy atom. The Hall–Kier alpha value is -3.47. The van der Waals surface area contributed by atoms with Crippen LogP contribution in [0.2, 0.25) is 0 Å². The number of nitrogens with zero attached hydrogens (tertiary/aromatic N) is 1. The number of rotatable bonds is 4. The molecule has 3 N–H and O–H groups in total. The van der Waals surface area contributed by atoms with Crippen LogP contribution in [0.3, 0.4) is 0 Å². The van der Waals surface area contributed by atoms with E-state index in [1.165, 1.54) is 11.3 Å². The third-order valence-corrected chi connectivity index (χ3v) is 4.64. The van der Waals surface area contributed by atoms with Crippen molar-refractivity contribution in [1.82, 2.24) is 15.8 Å². The van der Waals surface area contributed by atoms with Gasteiger partial charge in [0.1, 0.15) is 0 Å². The summed E-state index contributed by atoms with van der Waals surface area (Å²) in [6.45, 7) is 1.78. The van der Waals surface area contributed by atoms with Gasteiger partial charge in [-0.25, -0.2) is 10.5 Å². The van der Waals surface area contributed by atoms with Crippen LogP contribution < -0.4 is 10.8 Å². The van der Waals surface area contributed by atoms with Crippen LogP contribution in [0.5, 0.6) is 0 Å². The Balaban J connectivity index is 1.62. The van der Waals surface area contributed by atoms with E-state index >= 15 is 0 Å². The molecule has 0 bridgehead atoms. The molecular weight excluding hydrogens is 374 g/mol. The van der Waals surface area contributed by atoms with E-state index in [-0.39, 0.29) is 11.9 Å². The van der Waals surface area contributed by atoms with Gasteiger partial charge >= 0.3 is 0 Å². The molecule has 1 aromatic heterocycles. The third kappa shape index (κ3) is 4.82. The predicted octanol–water partition coefficient (Wildman–Crippen LogP) is 3.10. The molecule has 0 aliphatic rings. The number of amides is 2. The van der Waals surface area contributed by atoms with Crippen LogP contribution in [0.4, 0.5) is 0 Å². The zero-order valence-corrected chi connectivity index (χ0v) is 15.8. The number of benzene rings is 2. The van der Waals surface area contributed by atoms with E-state index in [0.717, 1.165) is 11.3 Å². The van der Waals surface area contributed by atoms with Gasteiger partial charge in [0.15, 0.2) is 5.01 Å². The summed E-state index contributed by atoms with van der Waals surface area (Å²) in [7, 11) is 0. The Morgan fingerprint density at radius 2 is 1.79 bits per heavy atom. The average molecular weight is 391 g/mol. The zero-order valence-electron chi connectivity index (χ0n) is 15.0. The van der Waals surface area contributed by atoms with Gasteiger partial charge in [-0.15, -0.1) is 11.3 Å². The molecule has 0 aliphatic heterocycles. The molecule has 0 spiro atoms. The Kier molecular flexibility index (Phi) is 6.17. The number of carbonyl (C=O) groups is 2. The molecule has 6 nitrogen and oxygen atoms in total. The second-order valence-corrected chi connectivity index (χ2v) is 6.74. The fraction of sp³-hybridized carbons (Fsp3) is 0.0952. The molecule has 2 amide bonds. The number of hydrogen-bond donors (Lipinski definition) is 3. The zero-order chi connectivity index (χ0) is 19.9. The first-order chi connectivity index (χ1) is 13.6. The molecule has 0 aliphatic carbocycles. The van der Waals surface area contributed by atoms with Crippen molar-refractivity contribution < 1.29 is 14.8 Å². The first-order valence-corrected chi connectivity index (χ1v) is 9.32. The van der Waals surface area contributed by atoms with Gasteiger partial charge in [0.25, 0.3) is 11.8 Å². The van der Waals surface area contributed by atoms with Gasteiger partial charge in [0, 0.05) is 22.1 Å². The molecule has 0 unspecified atom stereocenters. The lowest BCUT2D eigenvalue weighted by atomic mass is 10.1. The van der Waals surface area contributed by atoms with Crippen molar-refractivity contribution in [3.63, 3.8) is 0 Å². The molecule has 0 radical (unpaired) electrons. The number of thiazole rings is 1. The minimum atomic E-state index is -0.585. The summed E-state index contributed by atoms with van der Waals surface area (Å²) in [5.41, 5.74) is 4.32. The minimum Gasteiger partial charge on any atom is -0.337 e. The molecule has 3 aromatic rings. The van der Waals surface area contributed by atoms with E-state index in [0.29, 0.717) is 16.1 Å². The maximum atomic E-state index is 12.4. The van der Waals surface area contributed by atoms with Crippen molar-refractivity contribution in [3.8, 4) is 23.1 Å². The molecule has 3 rings (SSSR count). The van der Waals surface area contributed by atoms with Gasteiger partial charge < -0.3 is 5.32 Å². The number of aromatic nitrogens is 1. The second-order valence-electron chi connectivity index (χ2n) is 5.89. The summed E-state index contributed by atoms with van der Waals surface area (Å²) in [5.74, 6) is 5.03. The number of carbonyl (C=O) groups excluding carboxylic acids is 2. The van der Waals surface area contributed by atoms with Gasteiger partial charge in [-0.1, -0.05) is 42.2 Å².